The number of ether oxygens (including phenoxy) is 1. The molecular weight excluding hydrogens is 436 g/mol. The van der Waals surface area contributed by atoms with Crippen LogP contribution in [0.4, 0.5) is 5.69 Å². The molecular formula is C25H34N4O3S. The Hall–Kier alpha value is -2.13. The fourth-order valence-electron chi connectivity index (χ4n) is 5.30. The molecule has 0 bridgehead atoms. The van der Waals surface area contributed by atoms with Gasteiger partial charge >= 0.3 is 10.2 Å². The number of nitrogens with one attached hydrogen (secondary N) is 3. The minimum absolute atomic E-state index is 0.0950. The number of rotatable bonds is 7. The van der Waals surface area contributed by atoms with Crippen LogP contribution in [-0.4, -0.2) is 44.5 Å². The zero-order valence-corrected chi connectivity index (χ0v) is 20.0. The van der Waals surface area contributed by atoms with Crippen molar-refractivity contribution in [3.63, 3.8) is 0 Å². The summed E-state index contributed by atoms with van der Waals surface area (Å²) in [6.45, 7) is 4.88. The van der Waals surface area contributed by atoms with Gasteiger partial charge in [-0.1, -0.05) is 30.3 Å². The van der Waals surface area contributed by atoms with Gasteiger partial charge in [-0.05, 0) is 56.8 Å². The Morgan fingerprint density at radius 2 is 1.91 bits per heavy atom. The van der Waals surface area contributed by atoms with Crippen LogP contribution in [-0.2, 0) is 23.2 Å². The van der Waals surface area contributed by atoms with Crippen molar-refractivity contribution in [1.82, 2.24) is 14.9 Å². The Morgan fingerprint density at radius 1 is 1.12 bits per heavy atom. The third-order valence-electron chi connectivity index (χ3n) is 6.89. The molecule has 3 N–H and O–H groups in total. The van der Waals surface area contributed by atoms with Crippen molar-refractivity contribution in [2.24, 2.45) is 0 Å². The van der Waals surface area contributed by atoms with E-state index in [2.05, 4.69) is 46.5 Å². The zero-order valence-electron chi connectivity index (χ0n) is 19.2. The van der Waals surface area contributed by atoms with Gasteiger partial charge in [0.15, 0.2) is 0 Å². The number of fused-ring (bicyclic) bond motifs is 1. The van der Waals surface area contributed by atoms with Crippen molar-refractivity contribution >= 4 is 15.9 Å². The van der Waals surface area contributed by atoms with Crippen molar-refractivity contribution < 1.29 is 13.2 Å². The van der Waals surface area contributed by atoms with Crippen molar-refractivity contribution in [2.75, 3.05) is 24.4 Å². The Bertz CT molecular complexity index is 1070. The van der Waals surface area contributed by atoms with E-state index >= 15 is 0 Å². The first-order valence-corrected chi connectivity index (χ1v) is 13.6. The predicted molar refractivity (Wildman–Crippen MR) is 131 cm³/mol. The van der Waals surface area contributed by atoms with Crippen LogP contribution < -0.4 is 20.1 Å². The third kappa shape index (κ3) is 5.04. The lowest BCUT2D eigenvalue weighted by Gasteiger charge is -2.34. The summed E-state index contributed by atoms with van der Waals surface area (Å²) in [5.41, 5.74) is 3.99. The van der Waals surface area contributed by atoms with E-state index in [0.717, 1.165) is 55.5 Å². The fourth-order valence-corrected chi connectivity index (χ4v) is 6.59. The minimum Gasteiger partial charge on any atom is -0.490 e. The van der Waals surface area contributed by atoms with Crippen LogP contribution in [0.15, 0.2) is 42.5 Å². The van der Waals surface area contributed by atoms with Gasteiger partial charge in [-0.3, -0.25) is 4.72 Å². The molecule has 0 spiro atoms. The van der Waals surface area contributed by atoms with E-state index < -0.39 is 10.2 Å². The second-order valence-corrected chi connectivity index (χ2v) is 11.1. The maximum Gasteiger partial charge on any atom is 0.301 e. The lowest BCUT2D eigenvalue weighted by Crippen LogP contribution is -2.45. The van der Waals surface area contributed by atoms with E-state index in [-0.39, 0.29) is 12.1 Å². The first kappa shape index (κ1) is 22.7. The Kier molecular flexibility index (Phi) is 6.60. The first-order chi connectivity index (χ1) is 16.0. The van der Waals surface area contributed by atoms with Gasteiger partial charge in [0.25, 0.3) is 0 Å². The lowest BCUT2D eigenvalue weighted by molar-refractivity contribution is 0.250. The van der Waals surface area contributed by atoms with Gasteiger partial charge in [-0.15, -0.1) is 0 Å². The van der Waals surface area contributed by atoms with E-state index in [1.165, 1.54) is 9.87 Å². The van der Waals surface area contributed by atoms with Gasteiger partial charge in [0.05, 0.1) is 5.69 Å². The van der Waals surface area contributed by atoms with Crippen molar-refractivity contribution in [1.29, 1.82) is 0 Å². The molecule has 0 radical (unpaired) electrons. The minimum atomic E-state index is -3.53. The highest BCUT2D eigenvalue weighted by atomic mass is 32.2. The van der Waals surface area contributed by atoms with Crippen LogP contribution in [0.25, 0.3) is 0 Å². The molecule has 178 valence electrons. The number of piperidine rings is 1. The third-order valence-corrected chi connectivity index (χ3v) is 8.43. The van der Waals surface area contributed by atoms with Gasteiger partial charge < -0.3 is 15.4 Å². The van der Waals surface area contributed by atoms with Gasteiger partial charge in [-0.2, -0.15) is 12.7 Å². The van der Waals surface area contributed by atoms with Crippen LogP contribution in [0, 0.1) is 0 Å². The van der Waals surface area contributed by atoms with Crippen LogP contribution in [0.3, 0.4) is 0 Å². The molecule has 8 heteroatoms. The highest BCUT2D eigenvalue weighted by Crippen LogP contribution is 2.36. The standard InChI is InChI=1S/C25H34N4O3S/c1-18-14-20-15-22(28-33(30,31)29-12-5-6-13-29)16-21(25(20)32-18)17-27-23-10-7-11-26-24(23)19-8-3-2-4-9-19/h2-4,8-9,15-16,18,23-24,26-28H,5-7,10-14,17H2,1H3/t18?,23-,24-/m0/s1. The molecule has 2 saturated heterocycles. The monoisotopic (exact) mass is 470 g/mol. The average Bonchev–Trinajstić information content (AvgIpc) is 3.48. The lowest BCUT2D eigenvalue weighted by atomic mass is 9.92. The van der Waals surface area contributed by atoms with Gasteiger partial charge in [0, 0.05) is 49.3 Å². The zero-order chi connectivity index (χ0) is 22.8. The summed E-state index contributed by atoms with van der Waals surface area (Å²) >= 11 is 0. The summed E-state index contributed by atoms with van der Waals surface area (Å²) in [5, 5.41) is 7.41. The molecule has 33 heavy (non-hydrogen) atoms. The van der Waals surface area contributed by atoms with Gasteiger partial charge in [0.2, 0.25) is 0 Å². The van der Waals surface area contributed by atoms with E-state index in [4.69, 9.17) is 4.74 Å². The van der Waals surface area contributed by atoms with Crippen molar-refractivity contribution in [3.05, 3.63) is 59.2 Å². The fraction of sp³-hybridized carbons (Fsp3) is 0.520. The molecule has 0 amide bonds. The highest BCUT2D eigenvalue weighted by molar-refractivity contribution is 7.90. The molecule has 0 aliphatic carbocycles. The second-order valence-electron chi connectivity index (χ2n) is 9.44. The first-order valence-electron chi connectivity index (χ1n) is 12.1. The molecule has 3 atom stereocenters. The molecule has 0 saturated carbocycles. The van der Waals surface area contributed by atoms with E-state index in [9.17, 15) is 8.42 Å². The Balaban J connectivity index is 1.36. The number of anilines is 1. The van der Waals surface area contributed by atoms with Crippen molar-refractivity contribution in [3.8, 4) is 5.75 Å². The molecule has 5 rings (SSSR count). The Labute approximate surface area is 197 Å². The molecule has 2 fully saturated rings. The van der Waals surface area contributed by atoms with E-state index in [0.29, 0.717) is 31.4 Å². The van der Waals surface area contributed by atoms with E-state index in [1.54, 1.807) is 0 Å². The van der Waals surface area contributed by atoms with Crippen LogP contribution in [0.2, 0.25) is 0 Å². The summed E-state index contributed by atoms with van der Waals surface area (Å²) in [6.07, 6.45) is 4.94. The van der Waals surface area contributed by atoms with Crippen LogP contribution in [0.1, 0.15) is 55.3 Å². The normalized spacial score (nSPS) is 25.5. The largest absolute Gasteiger partial charge is 0.490 e. The van der Waals surface area contributed by atoms with Crippen LogP contribution >= 0.6 is 0 Å². The summed E-state index contributed by atoms with van der Waals surface area (Å²) in [6, 6.07) is 15.0. The quantitative estimate of drug-likeness (QED) is 0.578. The van der Waals surface area contributed by atoms with Crippen molar-refractivity contribution in [2.45, 2.75) is 63.8 Å². The molecule has 2 aromatic rings. The SMILES string of the molecule is CC1Cc2cc(NS(=O)(=O)N3CCCC3)cc(CN[C@H]3CCCN[C@H]3c3ccccc3)c2O1. The molecule has 7 nitrogen and oxygen atoms in total. The van der Waals surface area contributed by atoms with Gasteiger partial charge in [0.1, 0.15) is 11.9 Å². The predicted octanol–water partition coefficient (Wildman–Crippen LogP) is 3.35. The smallest absolute Gasteiger partial charge is 0.301 e. The number of benzene rings is 2. The highest BCUT2D eigenvalue weighted by Gasteiger charge is 2.29. The molecule has 1 unspecified atom stereocenters. The number of hydrogen-bond acceptors (Lipinski definition) is 5. The number of hydrogen-bond donors (Lipinski definition) is 3. The molecule has 3 heterocycles. The summed E-state index contributed by atoms with van der Waals surface area (Å²) in [5.74, 6) is 0.902. The maximum atomic E-state index is 12.8. The topological polar surface area (TPSA) is 82.7 Å². The van der Waals surface area contributed by atoms with Gasteiger partial charge in [-0.25, -0.2) is 0 Å². The number of nitrogens with zero attached hydrogens (tertiary/aromatic N) is 1. The molecule has 3 aliphatic rings. The van der Waals surface area contributed by atoms with Crippen LogP contribution in [0.5, 0.6) is 5.75 Å². The molecule has 3 aliphatic heterocycles. The maximum absolute atomic E-state index is 12.8. The Morgan fingerprint density at radius 3 is 2.70 bits per heavy atom. The average molecular weight is 471 g/mol. The summed E-state index contributed by atoms with van der Waals surface area (Å²) in [4.78, 5) is 0. The second kappa shape index (κ2) is 9.62. The summed E-state index contributed by atoms with van der Waals surface area (Å²) < 4.78 is 36.2. The summed E-state index contributed by atoms with van der Waals surface area (Å²) in [7, 11) is -3.53. The van der Waals surface area contributed by atoms with E-state index in [1.807, 2.05) is 18.2 Å². The molecule has 0 aromatic heterocycles. The molecule has 2 aromatic carbocycles.